The van der Waals surface area contributed by atoms with E-state index in [1.165, 1.54) is 6.08 Å². The van der Waals surface area contributed by atoms with Gasteiger partial charge < -0.3 is 4.74 Å². The first-order chi connectivity index (χ1) is 6.26. The molecule has 0 saturated heterocycles. The van der Waals surface area contributed by atoms with Gasteiger partial charge in [0, 0.05) is 0 Å². The Morgan fingerprint density at radius 2 is 2.08 bits per heavy atom. The van der Waals surface area contributed by atoms with E-state index >= 15 is 0 Å². The number of methoxy groups -OCH3 is 1. The van der Waals surface area contributed by atoms with E-state index in [1.807, 2.05) is 25.1 Å². The lowest BCUT2D eigenvalue weighted by molar-refractivity contribution is -0.104. The van der Waals surface area contributed by atoms with Crippen LogP contribution in [0, 0.1) is 6.92 Å². The van der Waals surface area contributed by atoms with Gasteiger partial charge in [-0.05, 0) is 36.3 Å². The number of ether oxygens (including phenoxy) is 1. The standard InChI is InChI=1S/C11H12O2/c1-9-6-10(4-3-5-12)8-11(7-9)13-2/h3-8H,1-2H3. The molecule has 0 saturated carbocycles. The van der Waals surface area contributed by atoms with Crippen molar-refractivity contribution in [3.05, 3.63) is 35.4 Å². The maximum absolute atomic E-state index is 10.1. The maximum Gasteiger partial charge on any atom is 0.142 e. The molecule has 1 aromatic carbocycles. The van der Waals surface area contributed by atoms with Crippen molar-refractivity contribution < 1.29 is 9.53 Å². The Morgan fingerprint density at radius 1 is 1.31 bits per heavy atom. The van der Waals surface area contributed by atoms with Gasteiger partial charge in [-0.1, -0.05) is 12.1 Å². The average molecular weight is 176 g/mol. The fourth-order valence-electron chi connectivity index (χ4n) is 1.14. The molecule has 0 aliphatic heterocycles. The lowest BCUT2D eigenvalue weighted by atomic mass is 10.1. The van der Waals surface area contributed by atoms with Crippen LogP contribution in [0.15, 0.2) is 24.3 Å². The van der Waals surface area contributed by atoms with Gasteiger partial charge in [0.1, 0.15) is 12.0 Å². The van der Waals surface area contributed by atoms with E-state index < -0.39 is 0 Å². The van der Waals surface area contributed by atoms with E-state index in [0.29, 0.717) is 0 Å². The highest BCUT2D eigenvalue weighted by Gasteiger charge is 1.94. The van der Waals surface area contributed by atoms with Crippen LogP contribution in [0.3, 0.4) is 0 Å². The summed E-state index contributed by atoms with van der Waals surface area (Å²) in [5.74, 6) is 0.811. The van der Waals surface area contributed by atoms with Crippen molar-refractivity contribution in [1.29, 1.82) is 0 Å². The Morgan fingerprint density at radius 3 is 2.69 bits per heavy atom. The van der Waals surface area contributed by atoms with E-state index in [4.69, 9.17) is 4.74 Å². The van der Waals surface area contributed by atoms with Gasteiger partial charge in [0.05, 0.1) is 7.11 Å². The Labute approximate surface area is 77.8 Å². The summed E-state index contributed by atoms with van der Waals surface area (Å²) in [5.41, 5.74) is 2.09. The maximum atomic E-state index is 10.1. The van der Waals surface area contributed by atoms with Crippen molar-refractivity contribution in [3.8, 4) is 5.75 Å². The Balaban J connectivity index is 3.00. The van der Waals surface area contributed by atoms with E-state index in [2.05, 4.69) is 0 Å². The second kappa shape index (κ2) is 4.45. The third-order valence-electron chi connectivity index (χ3n) is 1.68. The third-order valence-corrected chi connectivity index (χ3v) is 1.68. The van der Waals surface area contributed by atoms with Crippen LogP contribution in [0.5, 0.6) is 5.75 Å². The number of benzene rings is 1. The molecule has 0 atom stereocenters. The molecule has 0 heterocycles. The van der Waals surface area contributed by atoms with Crippen molar-refractivity contribution in [3.63, 3.8) is 0 Å². The number of carbonyl (C=O) groups is 1. The second-order valence-electron chi connectivity index (χ2n) is 2.78. The van der Waals surface area contributed by atoms with Gasteiger partial charge in [0.15, 0.2) is 0 Å². The van der Waals surface area contributed by atoms with Crippen LogP contribution in [0.2, 0.25) is 0 Å². The number of hydrogen-bond acceptors (Lipinski definition) is 2. The molecule has 2 nitrogen and oxygen atoms in total. The predicted molar refractivity (Wildman–Crippen MR) is 52.8 cm³/mol. The highest BCUT2D eigenvalue weighted by molar-refractivity contribution is 5.74. The molecule has 0 bridgehead atoms. The Hall–Kier alpha value is -1.57. The van der Waals surface area contributed by atoms with Gasteiger partial charge >= 0.3 is 0 Å². The first kappa shape index (κ1) is 9.52. The molecule has 0 amide bonds. The average Bonchev–Trinajstić information content (AvgIpc) is 2.14. The summed E-state index contributed by atoms with van der Waals surface area (Å²) in [6.07, 6.45) is 3.98. The molecule has 0 aromatic heterocycles. The molecule has 0 aliphatic carbocycles. The number of aldehydes is 1. The summed E-state index contributed by atoms with van der Waals surface area (Å²) < 4.78 is 5.09. The number of hydrogen-bond donors (Lipinski definition) is 0. The SMILES string of the molecule is COc1cc(C)cc(C=CC=O)c1. The minimum atomic E-state index is 0.759. The molecule has 13 heavy (non-hydrogen) atoms. The van der Waals surface area contributed by atoms with Crippen LogP contribution in [0.1, 0.15) is 11.1 Å². The quantitative estimate of drug-likeness (QED) is 0.521. The summed E-state index contributed by atoms with van der Waals surface area (Å²) >= 11 is 0. The predicted octanol–water partition coefficient (Wildman–Crippen LogP) is 2.22. The smallest absolute Gasteiger partial charge is 0.142 e. The number of rotatable bonds is 3. The molecule has 2 heteroatoms. The molecular formula is C11H12O2. The fourth-order valence-corrected chi connectivity index (χ4v) is 1.14. The van der Waals surface area contributed by atoms with Gasteiger partial charge in [0.25, 0.3) is 0 Å². The highest BCUT2D eigenvalue weighted by Crippen LogP contribution is 2.17. The van der Waals surface area contributed by atoms with Crippen LogP contribution < -0.4 is 4.74 Å². The first-order valence-corrected chi connectivity index (χ1v) is 4.04. The Kier molecular flexibility index (Phi) is 3.26. The minimum Gasteiger partial charge on any atom is -0.497 e. The molecule has 0 radical (unpaired) electrons. The third kappa shape index (κ3) is 2.75. The molecule has 0 fully saturated rings. The summed E-state index contributed by atoms with van der Waals surface area (Å²) in [6.45, 7) is 1.99. The van der Waals surface area contributed by atoms with Crippen molar-refractivity contribution in [2.75, 3.05) is 7.11 Å². The lowest BCUT2D eigenvalue weighted by Gasteiger charge is -2.02. The van der Waals surface area contributed by atoms with Crippen LogP contribution in [0.25, 0.3) is 6.08 Å². The summed E-state index contributed by atoms with van der Waals surface area (Å²) in [6, 6.07) is 5.81. The van der Waals surface area contributed by atoms with E-state index in [9.17, 15) is 4.79 Å². The zero-order valence-electron chi connectivity index (χ0n) is 7.78. The molecule has 0 spiro atoms. The normalized spacial score (nSPS) is 10.3. The zero-order valence-corrected chi connectivity index (χ0v) is 7.78. The van der Waals surface area contributed by atoms with Crippen LogP contribution in [-0.2, 0) is 4.79 Å². The van der Waals surface area contributed by atoms with E-state index in [-0.39, 0.29) is 0 Å². The first-order valence-electron chi connectivity index (χ1n) is 4.04. The van der Waals surface area contributed by atoms with Gasteiger partial charge in [-0.2, -0.15) is 0 Å². The van der Waals surface area contributed by atoms with E-state index in [0.717, 1.165) is 23.2 Å². The Bertz CT molecular complexity index is 327. The topological polar surface area (TPSA) is 26.3 Å². The summed E-state index contributed by atoms with van der Waals surface area (Å²) in [7, 11) is 1.63. The highest BCUT2D eigenvalue weighted by atomic mass is 16.5. The molecule has 0 unspecified atom stereocenters. The van der Waals surface area contributed by atoms with Crippen LogP contribution in [0.4, 0.5) is 0 Å². The van der Waals surface area contributed by atoms with Crippen molar-refractivity contribution in [2.45, 2.75) is 6.92 Å². The van der Waals surface area contributed by atoms with Crippen molar-refractivity contribution in [1.82, 2.24) is 0 Å². The van der Waals surface area contributed by atoms with Crippen LogP contribution in [-0.4, -0.2) is 13.4 Å². The van der Waals surface area contributed by atoms with Crippen molar-refractivity contribution in [2.24, 2.45) is 0 Å². The largest absolute Gasteiger partial charge is 0.497 e. The molecule has 1 aromatic rings. The molecule has 0 aliphatic rings. The van der Waals surface area contributed by atoms with Gasteiger partial charge in [-0.25, -0.2) is 0 Å². The summed E-state index contributed by atoms with van der Waals surface area (Å²) in [5, 5.41) is 0. The number of allylic oxidation sites excluding steroid dienone is 1. The second-order valence-corrected chi connectivity index (χ2v) is 2.78. The number of carbonyl (C=O) groups excluding carboxylic acids is 1. The minimum absolute atomic E-state index is 0.759. The van der Waals surface area contributed by atoms with Crippen molar-refractivity contribution >= 4 is 12.4 Å². The summed E-state index contributed by atoms with van der Waals surface area (Å²) in [4.78, 5) is 10.1. The fraction of sp³-hybridized carbons (Fsp3) is 0.182. The van der Waals surface area contributed by atoms with Gasteiger partial charge in [0.2, 0.25) is 0 Å². The molecule has 1 rings (SSSR count). The van der Waals surface area contributed by atoms with E-state index in [1.54, 1.807) is 13.2 Å². The molecular weight excluding hydrogens is 164 g/mol. The van der Waals surface area contributed by atoms with Crippen LogP contribution >= 0.6 is 0 Å². The number of aryl methyl sites for hydroxylation is 1. The molecule has 0 N–H and O–H groups in total. The zero-order chi connectivity index (χ0) is 9.68. The van der Waals surface area contributed by atoms with Gasteiger partial charge in [-0.15, -0.1) is 0 Å². The molecule has 68 valence electrons. The van der Waals surface area contributed by atoms with Gasteiger partial charge in [-0.3, -0.25) is 4.79 Å². The monoisotopic (exact) mass is 176 g/mol. The lowest BCUT2D eigenvalue weighted by Crippen LogP contribution is -1.85.